The van der Waals surface area contributed by atoms with E-state index < -0.39 is 5.91 Å². The fraction of sp³-hybridized carbons (Fsp3) is 0.286. The van der Waals surface area contributed by atoms with Crippen LogP contribution in [0.5, 0.6) is 5.75 Å². The molecule has 0 fully saturated rings. The number of nitrogens with zero attached hydrogens (tertiary/aromatic N) is 1. The number of rotatable bonds is 7. The number of nitrogens with one attached hydrogen (secondary N) is 1. The van der Waals surface area contributed by atoms with Crippen LogP contribution in [0.4, 0.5) is 5.69 Å². The lowest BCUT2D eigenvalue weighted by atomic mass is 10.2. The van der Waals surface area contributed by atoms with E-state index in [4.69, 9.17) is 39.5 Å². The van der Waals surface area contributed by atoms with Gasteiger partial charge in [-0.3, -0.25) is 4.79 Å². The second-order valence-electron chi connectivity index (χ2n) is 5.85. The van der Waals surface area contributed by atoms with E-state index in [-0.39, 0.29) is 0 Å². The van der Waals surface area contributed by atoms with Crippen molar-refractivity contribution in [2.24, 2.45) is 0 Å². The monoisotopic (exact) mass is 438 g/mol. The van der Waals surface area contributed by atoms with E-state index in [9.17, 15) is 4.79 Å². The highest BCUT2D eigenvalue weighted by Crippen LogP contribution is 2.27. The summed E-state index contributed by atoms with van der Waals surface area (Å²) in [4.78, 5) is 14.3. The molecule has 0 aliphatic rings. The quantitative estimate of drug-likeness (QED) is 0.591. The number of carbonyl (C=O) groups is 1. The molecule has 0 atom stereocenters. The van der Waals surface area contributed by atoms with E-state index in [1.165, 1.54) is 0 Å². The summed E-state index contributed by atoms with van der Waals surface area (Å²) in [6.07, 6.45) is 0. The first-order valence-electron chi connectivity index (χ1n) is 8.85. The second kappa shape index (κ2) is 11.2. The Morgan fingerprint density at radius 3 is 2.46 bits per heavy atom. The van der Waals surface area contributed by atoms with Crippen LogP contribution in [-0.2, 0) is 4.79 Å². The summed E-state index contributed by atoms with van der Waals surface area (Å²) in [5.74, 6) is 5.35. The van der Waals surface area contributed by atoms with Crippen molar-refractivity contribution in [1.29, 1.82) is 0 Å². The maximum atomic E-state index is 12.1. The van der Waals surface area contributed by atoms with Gasteiger partial charge in [-0.15, -0.1) is 0 Å². The Labute approximate surface area is 180 Å². The summed E-state index contributed by atoms with van der Waals surface area (Å²) in [5.41, 5.74) is 0.975. The van der Waals surface area contributed by atoms with E-state index in [0.717, 1.165) is 19.6 Å². The van der Waals surface area contributed by atoms with Gasteiger partial charge in [0.05, 0.1) is 15.7 Å². The molecule has 4 nitrogen and oxygen atoms in total. The minimum atomic E-state index is -0.497. The SMILES string of the molecule is CCN(CC)CCOc1ccc(NC(=O)C#Cc2ccc(Cl)cc2Cl)c(Cl)c1. The Hall–Kier alpha value is -1.90. The fourth-order valence-electron chi connectivity index (χ4n) is 2.39. The van der Waals surface area contributed by atoms with Crippen molar-refractivity contribution in [2.45, 2.75) is 13.8 Å². The van der Waals surface area contributed by atoms with Gasteiger partial charge in [0.2, 0.25) is 0 Å². The standard InChI is InChI=1S/C21H21Cl3N2O2/c1-3-26(4-2)11-12-28-17-8-9-20(19(24)14-17)25-21(27)10-6-15-5-7-16(22)13-18(15)23/h5,7-9,13-14H,3-4,11-12H2,1-2H3,(H,25,27). The van der Waals surface area contributed by atoms with E-state index in [0.29, 0.717) is 38.7 Å². The Bertz CT molecular complexity index is 887. The number of ether oxygens (including phenoxy) is 1. The fourth-order valence-corrected chi connectivity index (χ4v) is 3.06. The van der Waals surface area contributed by atoms with Crippen molar-refractivity contribution in [3.63, 3.8) is 0 Å². The molecule has 0 unspecified atom stereocenters. The molecule has 1 amide bonds. The van der Waals surface area contributed by atoms with E-state index in [1.54, 1.807) is 36.4 Å². The zero-order valence-corrected chi connectivity index (χ0v) is 18.0. The lowest BCUT2D eigenvalue weighted by Crippen LogP contribution is -2.27. The maximum absolute atomic E-state index is 12.1. The van der Waals surface area contributed by atoms with Gasteiger partial charge in [-0.2, -0.15) is 0 Å². The number of carbonyl (C=O) groups excluding carboxylic acids is 1. The largest absolute Gasteiger partial charge is 0.492 e. The molecule has 2 aromatic rings. The Morgan fingerprint density at radius 2 is 1.82 bits per heavy atom. The smallest absolute Gasteiger partial charge is 0.300 e. The van der Waals surface area contributed by atoms with Crippen LogP contribution in [0.2, 0.25) is 15.1 Å². The number of hydrogen-bond acceptors (Lipinski definition) is 3. The lowest BCUT2D eigenvalue weighted by molar-refractivity contribution is -0.111. The van der Waals surface area contributed by atoms with Crippen LogP contribution in [0.25, 0.3) is 0 Å². The van der Waals surface area contributed by atoms with Gasteiger partial charge in [0.15, 0.2) is 0 Å². The number of hydrogen-bond donors (Lipinski definition) is 1. The van der Waals surface area contributed by atoms with E-state index >= 15 is 0 Å². The Balaban J connectivity index is 1.95. The summed E-state index contributed by atoms with van der Waals surface area (Å²) < 4.78 is 5.72. The van der Waals surface area contributed by atoms with Crippen LogP contribution in [0.1, 0.15) is 19.4 Å². The van der Waals surface area contributed by atoms with Gasteiger partial charge in [-0.1, -0.05) is 54.6 Å². The molecule has 0 saturated carbocycles. The Kier molecular flexibility index (Phi) is 8.95. The molecular weight excluding hydrogens is 419 g/mol. The summed E-state index contributed by atoms with van der Waals surface area (Å²) in [7, 11) is 0. The molecule has 0 aromatic heterocycles. The molecule has 0 bridgehead atoms. The highest BCUT2D eigenvalue weighted by atomic mass is 35.5. The molecule has 0 saturated heterocycles. The van der Waals surface area contributed by atoms with Crippen molar-refractivity contribution < 1.29 is 9.53 Å². The van der Waals surface area contributed by atoms with Crippen molar-refractivity contribution in [3.05, 3.63) is 57.0 Å². The second-order valence-corrected chi connectivity index (χ2v) is 7.10. The first-order chi connectivity index (χ1) is 13.4. The zero-order valence-electron chi connectivity index (χ0n) is 15.7. The Morgan fingerprint density at radius 1 is 1.07 bits per heavy atom. The third-order valence-corrected chi connectivity index (χ3v) is 4.86. The molecular formula is C21H21Cl3N2O2. The zero-order chi connectivity index (χ0) is 20.5. The summed E-state index contributed by atoms with van der Waals surface area (Å²) in [6.45, 7) is 7.59. The van der Waals surface area contributed by atoms with Gasteiger partial charge in [0.1, 0.15) is 12.4 Å². The molecule has 0 heterocycles. The minimum Gasteiger partial charge on any atom is -0.492 e. The van der Waals surface area contributed by atoms with Crippen LogP contribution in [0.3, 0.4) is 0 Å². The molecule has 0 aliphatic carbocycles. The van der Waals surface area contributed by atoms with Gasteiger partial charge in [-0.25, -0.2) is 0 Å². The van der Waals surface area contributed by atoms with Crippen LogP contribution >= 0.6 is 34.8 Å². The third-order valence-electron chi connectivity index (χ3n) is 4.00. The first kappa shape index (κ1) is 22.4. The van der Waals surface area contributed by atoms with Crippen molar-refractivity contribution in [2.75, 3.05) is 31.6 Å². The average Bonchev–Trinajstić information content (AvgIpc) is 2.66. The summed E-state index contributed by atoms with van der Waals surface area (Å²) >= 11 is 18.1. The normalized spacial score (nSPS) is 10.4. The van der Waals surface area contributed by atoms with Crippen molar-refractivity contribution >= 4 is 46.4 Å². The summed E-state index contributed by atoms with van der Waals surface area (Å²) in [5, 5.41) is 3.92. The minimum absolute atomic E-state index is 0.375. The molecule has 2 rings (SSSR count). The van der Waals surface area contributed by atoms with Gasteiger partial charge in [0.25, 0.3) is 0 Å². The number of likely N-dealkylation sites (N-methyl/N-ethyl adjacent to an activating group) is 1. The van der Waals surface area contributed by atoms with Crippen LogP contribution in [0.15, 0.2) is 36.4 Å². The molecule has 2 aromatic carbocycles. The number of halogens is 3. The van der Waals surface area contributed by atoms with Crippen LogP contribution in [-0.4, -0.2) is 37.0 Å². The molecule has 7 heteroatoms. The number of amides is 1. The third kappa shape index (κ3) is 6.92. The van der Waals surface area contributed by atoms with Crippen molar-refractivity contribution in [1.82, 2.24) is 4.90 Å². The molecule has 1 N–H and O–H groups in total. The molecule has 28 heavy (non-hydrogen) atoms. The maximum Gasteiger partial charge on any atom is 0.300 e. The highest BCUT2D eigenvalue weighted by molar-refractivity contribution is 6.35. The molecule has 0 radical (unpaired) electrons. The van der Waals surface area contributed by atoms with Crippen LogP contribution < -0.4 is 10.1 Å². The summed E-state index contributed by atoms with van der Waals surface area (Å²) in [6, 6.07) is 9.99. The molecule has 148 valence electrons. The van der Waals surface area contributed by atoms with Crippen molar-refractivity contribution in [3.8, 4) is 17.6 Å². The molecule has 0 spiro atoms. The van der Waals surface area contributed by atoms with Gasteiger partial charge >= 0.3 is 5.91 Å². The van der Waals surface area contributed by atoms with Gasteiger partial charge < -0.3 is 15.0 Å². The first-order valence-corrected chi connectivity index (χ1v) is 9.99. The molecule has 0 aliphatic heterocycles. The lowest BCUT2D eigenvalue weighted by Gasteiger charge is -2.18. The highest BCUT2D eigenvalue weighted by Gasteiger charge is 2.07. The average molecular weight is 440 g/mol. The number of benzene rings is 2. The van der Waals surface area contributed by atoms with Gasteiger partial charge in [0, 0.05) is 29.1 Å². The van der Waals surface area contributed by atoms with E-state index in [1.807, 2.05) is 0 Å². The predicted molar refractivity (Wildman–Crippen MR) is 117 cm³/mol. The predicted octanol–water partition coefficient (Wildman–Crippen LogP) is 5.36. The van der Waals surface area contributed by atoms with E-state index in [2.05, 4.69) is 35.9 Å². The number of anilines is 1. The van der Waals surface area contributed by atoms with Gasteiger partial charge in [-0.05, 0) is 43.4 Å². The topological polar surface area (TPSA) is 41.6 Å². The van der Waals surface area contributed by atoms with Crippen LogP contribution in [0, 0.1) is 11.8 Å².